The summed E-state index contributed by atoms with van der Waals surface area (Å²) >= 11 is 0. The number of carbonyl (C=O) groups excluding carboxylic acids is 3. The number of amides is 2. The molecule has 0 aromatic rings. The van der Waals surface area contributed by atoms with Crippen molar-refractivity contribution in [3.05, 3.63) is 0 Å². The van der Waals surface area contributed by atoms with Crippen LogP contribution >= 0.6 is 0 Å². The lowest BCUT2D eigenvalue weighted by Gasteiger charge is -2.18. The lowest BCUT2D eigenvalue weighted by atomic mass is 10.0. The first-order valence-corrected chi connectivity index (χ1v) is 16.7. The number of hydrogen-bond acceptors (Lipinski definition) is 7. The summed E-state index contributed by atoms with van der Waals surface area (Å²) < 4.78 is 10.8. The minimum atomic E-state index is -1.04. The summed E-state index contributed by atoms with van der Waals surface area (Å²) in [6, 6.07) is 0. The molecule has 1 aliphatic heterocycles. The van der Waals surface area contributed by atoms with E-state index in [0.717, 1.165) is 24.5 Å². The molecule has 1 atom stereocenters. The Labute approximate surface area is 249 Å². The number of hydroxylamine groups is 2. The summed E-state index contributed by atoms with van der Waals surface area (Å²) in [5.41, 5.74) is 0. The van der Waals surface area contributed by atoms with E-state index in [1.165, 1.54) is 96.3 Å². The van der Waals surface area contributed by atoms with Crippen LogP contribution in [0.2, 0.25) is 0 Å². The minimum Gasteiger partial charge on any atom is -0.449 e. The van der Waals surface area contributed by atoms with Gasteiger partial charge < -0.3 is 24.7 Å². The second-order valence-electron chi connectivity index (χ2n) is 11.3. The number of carbonyl (C=O) groups is 3. The fourth-order valence-corrected chi connectivity index (χ4v) is 4.91. The van der Waals surface area contributed by atoms with Crippen LogP contribution in [0.5, 0.6) is 0 Å². The molecule has 1 saturated heterocycles. The van der Waals surface area contributed by atoms with Crippen molar-refractivity contribution in [2.75, 3.05) is 26.4 Å². The molecule has 9 heteroatoms. The maximum Gasteiger partial charge on any atom is 0.407 e. The largest absolute Gasteiger partial charge is 0.449 e. The van der Waals surface area contributed by atoms with Gasteiger partial charge in [-0.15, -0.1) is 5.06 Å². The zero-order valence-electron chi connectivity index (χ0n) is 26.0. The highest BCUT2D eigenvalue weighted by Gasteiger charge is 2.32. The molecule has 2 N–H and O–H groups in total. The predicted octanol–water partition coefficient (Wildman–Crippen LogP) is 7.34. The number of nitrogens with zero attached hydrogens (tertiary/aromatic N) is 1. The van der Waals surface area contributed by atoms with Gasteiger partial charge in [-0.1, -0.05) is 110 Å². The fourth-order valence-electron chi connectivity index (χ4n) is 4.91. The van der Waals surface area contributed by atoms with Gasteiger partial charge >= 0.3 is 12.1 Å². The first-order chi connectivity index (χ1) is 20.0. The van der Waals surface area contributed by atoms with Crippen LogP contribution < -0.4 is 5.32 Å². The first kappa shape index (κ1) is 37.2. The van der Waals surface area contributed by atoms with Gasteiger partial charge in [0, 0.05) is 45.4 Å². The lowest BCUT2D eigenvalue weighted by molar-refractivity contribution is -0.220. The third-order valence-electron chi connectivity index (χ3n) is 7.47. The molecule has 0 saturated carbocycles. The summed E-state index contributed by atoms with van der Waals surface area (Å²) in [6.45, 7) is 4.44. The van der Waals surface area contributed by atoms with E-state index >= 15 is 0 Å². The zero-order chi connectivity index (χ0) is 29.8. The van der Waals surface area contributed by atoms with Crippen LogP contribution in [0.1, 0.15) is 155 Å². The van der Waals surface area contributed by atoms with Gasteiger partial charge in [0.2, 0.25) is 0 Å². The van der Waals surface area contributed by atoms with Crippen molar-refractivity contribution in [1.29, 1.82) is 0 Å². The highest BCUT2D eigenvalue weighted by Crippen LogP contribution is 2.17. The van der Waals surface area contributed by atoms with Crippen LogP contribution in [0.25, 0.3) is 0 Å². The van der Waals surface area contributed by atoms with Gasteiger partial charge in [0.05, 0.1) is 6.61 Å². The van der Waals surface area contributed by atoms with Crippen molar-refractivity contribution < 1.29 is 33.8 Å². The number of hydrogen-bond donors (Lipinski definition) is 2. The Morgan fingerprint density at radius 2 is 1.29 bits per heavy atom. The molecule has 0 spiro atoms. The SMILES string of the molecule is CCCCCCCCCCCCCCCCCCOCCCOC(=O)NCCCCCC(=O)ON1C(=O)CCC1O. The topological polar surface area (TPSA) is 114 Å². The van der Waals surface area contributed by atoms with E-state index in [-0.39, 0.29) is 25.2 Å². The standard InChI is InChI=1S/C32H60N2O7/c1-2-3-4-5-6-7-8-9-10-11-12-13-14-15-16-20-26-39-27-21-28-40-32(38)33-25-19-17-18-22-31(37)41-34-29(35)23-24-30(34)36/h29,35H,2-28H2,1H3,(H,33,38). The normalized spacial score (nSPS) is 14.9. The second kappa shape index (κ2) is 27.0. The van der Waals surface area contributed by atoms with Gasteiger partial charge in [0.1, 0.15) is 0 Å². The molecule has 0 bridgehead atoms. The van der Waals surface area contributed by atoms with Crippen LogP contribution in [0, 0.1) is 0 Å². The molecule has 0 aliphatic carbocycles. The van der Waals surface area contributed by atoms with E-state index in [2.05, 4.69) is 12.2 Å². The predicted molar refractivity (Wildman–Crippen MR) is 161 cm³/mol. The maximum absolute atomic E-state index is 11.8. The third kappa shape index (κ3) is 22.4. The molecule has 1 unspecified atom stereocenters. The van der Waals surface area contributed by atoms with E-state index in [1.54, 1.807) is 0 Å². The van der Waals surface area contributed by atoms with Crippen LogP contribution in [-0.4, -0.2) is 60.7 Å². The summed E-state index contributed by atoms with van der Waals surface area (Å²) in [7, 11) is 0. The molecule has 240 valence electrons. The van der Waals surface area contributed by atoms with Gasteiger partial charge in [-0.2, -0.15) is 0 Å². The monoisotopic (exact) mass is 584 g/mol. The molecule has 1 aliphatic rings. The number of alkyl carbamates (subject to hydrolysis) is 1. The Kier molecular flexibility index (Phi) is 24.5. The number of aliphatic hydroxyl groups is 1. The average molecular weight is 585 g/mol. The van der Waals surface area contributed by atoms with Crippen molar-refractivity contribution >= 4 is 18.0 Å². The second-order valence-corrected chi connectivity index (χ2v) is 11.3. The van der Waals surface area contributed by atoms with E-state index < -0.39 is 18.3 Å². The molecular formula is C32H60N2O7. The molecule has 9 nitrogen and oxygen atoms in total. The first-order valence-electron chi connectivity index (χ1n) is 16.7. The Morgan fingerprint density at radius 3 is 1.85 bits per heavy atom. The van der Waals surface area contributed by atoms with Crippen molar-refractivity contribution in [1.82, 2.24) is 10.4 Å². The number of ether oxygens (including phenoxy) is 2. The van der Waals surface area contributed by atoms with Crippen molar-refractivity contribution in [2.24, 2.45) is 0 Å². The van der Waals surface area contributed by atoms with Crippen LogP contribution in [-0.2, 0) is 23.9 Å². The van der Waals surface area contributed by atoms with Gasteiger partial charge in [-0.25, -0.2) is 9.59 Å². The van der Waals surface area contributed by atoms with Crippen LogP contribution in [0.3, 0.4) is 0 Å². The molecule has 1 heterocycles. The Bertz CT molecular complexity index is 662. The zero-order valence-corrected chi connectivity index (χ0v) is 26.0. The summed E-state index contributed by atoms with van der Waals surface area (Å²) in [5, 5.41) is 13.0. The van der Waals surface area contributed by atoms with E-state index in [4.69, 9.17) is 14.3 Å². The molecule has 0 radical (unpaired) electrons. The van der Waals surface area contributed by atoms with Gasteiger partial charge in [0.25, 0.3) is 5.91 Å². The van der Waals surface area contributed by atoms with Crippen molar-refractivity contribution in [3.63, 3.8) is 0 Å². The number of rotatable bonds is 28. The number of unbranched alkanes of at least 4 members (excludes halogenated alkanes) is 17. The van der Waals surface area contributed by atoms with Crippen LogP contribution in [0.15, 0.2) is 0 Å². The summed E-state index contributed by atoms with van der Waals surface area (Å²) in [4.78, 5) is 39.9. The smallest absolute Gasteiger partial charge is 0.407 e. The maximum atomic E-state index is 11.8. The molecule has 0 aromatic heterocycles. The summed E-state index contributed by atoms with van der Waals surface area (Å²) in [6.07, 6.45) is 23.6. The molecule has 41 heavy (non-hydrogen) atoms. The number of nitrogens with one attached hydrogen (secondary N) is 1. The Morgan fingerprint density at radius 1 is 0.756 bits per heavy atom. The van der Waals surface area contributed by atoms with Gasteiger partial charge in [0.15, 0.2) is 6.23 Å². The number of aliphatic hydroxyl groups excluding tert-OH is 1. The van der Waals surface area contributed by atoms with Gasteiger partial charge in [-0.3, -0.25) is 4.79 Å². The molecular weight excluding hydrogens is 524 g/mol. The summed E-state index contributed by atoms with van der Waals surface area (Å²) in [5.74, 6) is -0.917. The Hall–Kier alpha value is -1.87. The molecule has 1 rings (SSSR count). The third-order valence-corrected chi connectivity index (χ3v) is 7.47. The molecule has 2 amide bonds. The van der Waals surface area contributed by atoms with Crippen molar-refractivity contribution in [2.45, 2.75) is 161 Å². The highest BCUT2D eigenvalue weighted by molar-refractivity contribution is 5.79. The van der Waals surface area contributed by atoms with Gasteiger partial charge in [-0.05, 0) is 19.3 Å². The highest BCUT2D eigenvalue weighted by atomic mass is 16.7. The fraction of sp³-hybridized carbons (Fsp3) is 0.906. The van der Waals surface area contributed by atoms with E-state index in [9.17, 15) is 19.5 Å². The van der Waals surface area contributed by atoms with Crippen LogP contribution in [0.4, 0.5) is 4.79 Å². The lowest BCUT2D eigenvalue weighted by Crippen LogP contribution is -2.35. The average Bonchev–Trinajstić information content (AvgIpc) is 3.27. The van der Waals surface area contributed by atoms with E-state index in [0.29, 0.717) is 39.0 Å². The quantitative estimate of drug-likeness (QED) is 0.0925. The van der Waals surface area contributed by atoms with E-state index in [1.807, 2.05) is 0 Å². The van der Waals surface area contributed by atoms with Crippen molar-refractivity contribution in [3.8, 4) is 0 Å². The Balaban J connectivity index is 1.73. The molecule has 1 fully saturated rings. The minimum absolute atomic E-state index is 0.153. The molecule has 0 aromatic carbocycles.